The van der Waals surface area contributed by atoms with Crippen molar-refractivity contribution in [3.05, 3.63) is 23.8 Å². The van der Waals surface area contributed by atoms with E-state index < -0.39 is 0 Å². The van der Waals surface area contributed by atoms with Gasteiger partial charge in [-0.2, -0.15) is 0 Å². The monoisotopic (exact) mass is 208 g/mol. The van der Waals surface area contributed by atoms with E-state index in [0.717, 1.165) is 18.0 Å². The number of ether oxygens (including phenoxy) is 2. The predicted octanol–water partition coefficient (Wildman–Crippen LogP) is 1.53. The number of hydrogen-bond donors (Lipinski definition) is 2. The van der Waals surface area contributed by atoms with Gasteiger partial charge in [0.2, 0.25) is 0 Å². The maximum absolute atomic E-state index is 5.70. The fraction of sp³-hybridized carbons (Fsp3) is 0.455. The molecule has 0 amide bonds. The van der Waals surface area contributed by atoms with E-state index in [0.29, 0.717) is 6.61 Å². The van der Waals surface area contributed by atoms with Crippen molar-refractivity contribution in [3.8, 4) is 5.75 Å². The van der Waals surface area contributed by atoms with Crippen molar-refractivity contribution in [1.29, 1.82) is 0 Å². The third kappa shape index (κ3) is 2.40. The summed E-state index contributed by atoms with van der Waals surface area (Å²) in [5.41, 5.74) is 8.50. The average Bonchev–Trinajstić information content (AvgIpc) is 2.65. The zero-order valence-electron chi connectivity index (χ0n) is 9.04. The first kappa shape index (κ1) is 10.3. The van der Waals surface area contributed by atoms with Crippen LogP contribution in [0.4, 0.5) is 5.69 Å². The zero-order chi connectivity index (χ0) is 10.7. The Hall–Kier alpha value is -1.26. The molecule has 0 aliphatic carbocycles. The molecule has 2 rings (SSSR count). The van der Waals surface area contributed by atoms with Crippen LogP contribution < -0.4 is 15.6 Å². The highest BCUT2D eigenvalue weighted by Crippen LogP contribution is 2.25. The number of anilines is 1. The molecule has 82 valence electrons. The third-order valence-electron chi connectivity index (χ3n) is 2.32. The summed E-state index contributed by atoms with van der Waals surface area (Å²) in [6, 6.07) is 6.03. The number of methoxy groups -OCH3 is 1. The summed E-state index contributed by atoms with van der Waals surface area (Å²) in [7, 11) is 1.68. The minimum atomic E-state index is 0.0790. The van der Waals surface area contributed by atoms with Gasteiger partial charge in [-0.3, -0.25) is 0 Å². The molecule has 1 aliphatic heterocycles. The fourth-order valence-electron chi connectivity index (χ4n) is 1.65. The Labute approximate surface area is 89.5 Å². The molecule has 0 bridgehead atoms. The molecular formula is C11H16N2O2. The lowest BCUT2D eigenvalue weighted by molar-refractivity contribution is 0.0920. The van der Waals surface area contributed by atoms with Crippen molar-refractivity contribution in [2.75, 3.05) is 19.1 Å². The van der Waals surface area contributed by atoms with Crippen LogP contribution in [0.3, 0.4) is 0 Å². The van der Waals surface area contributed by atoms with Crippen molar-refractivity contribution < 1.29 is 9.47 Å². The first-order valence-electron chi connectivity index (χ1n) is 5.07. The summed E-state index contributed by atoms with van der Waals surface area (Å²) in [4.78, 5) is 0. The van der Waals surface area contributed by atoms with Crippen LogP contribution in [-0.2, 0) is 11.3 Å². The Morgan fingerprint density at radius 2 is 2.33 bits per heavy atom. The molecule has 4 nitrogen and oxygen atoms in total. The molecule has 1 unspecified atom stereocenters. The van der Waals surface area contributed by atoms with Crippen LogP contribution in [0.25, 0.3) is 0 Å². The number of hydrazine groups is 1. The molecule has 0 saturated carbocycles. The molecule has 1 heterocycles. The number of nitrogens with one attached hydrogen (secondary N) is 2. The molecular weight excluding hydrogens is 192 g/mol. The van der Waals surface area contributed by atoms with Gasteiger partial charge in [0.15, 0.2) is 0 Å². The van der Waals surface area contributed by atoms with E-state index in [1.54, 1.807) is 7.11 Å². The molecule has 1 aliphatic rings. The van der Waals surface area contributed by atoms with Crippen LogP contribution in [0.5, 0.6) is 5.75 Å². The molecule has 1 aromatic rings. The van der Waals surface area contributed by atoms with Gasteiger partial charge in [0.1, 0.15) is 11.9 Å². The quantitative estimate of drug-likeness (QED) is 0.787. The van der Waals surface area contributed by atoms with Crippen LogP contribution >= 0.6 is 0 Å². The highest BCUT2D eigenvalue weighted by atomic mass is 16.5. The lowest BCUT2D eigenvalue weighted by atomic mass is 10.2. The fourth-order valence-corrected chi connectivity index (χ4v) is 1.65. The van der Waals surface area contributed by atoms with Gasteiger partial charge in [-0.25, -0.2) is 5.43 Å². The van der Waals surface area contributed by atoms with Gasteiger partial charge in [0.05, 0.1) is 12.3 Å². The molecule has 1 atom stereocenters. The summed E-state index contributed by atoms with van der Waals surface area (Å²) in [6.45, 7) is 3.44. The van der Waals surface area contributed by atoms with Gasteiger partial charge in [-0.1, -0.05) is 0 Å². The lowest BCUT2D eigenvalue weighted by Gasteiger charge is -2.14. The number of rotatable bonds is 4. The number of fused-ring (bicyclic) bond motifs is 1. The Kier molecular flexibility index (Phi) is 3.08. The molecule has 4 heteroatoms. The van der Waals surface area contributed by atoms with Crippen molar-refractivity contribution in [2.45, 2.75) is 19.6 Å². The van der Waals surface area contributed by atoms with E-state index in [9.17, 15) is 0 Å². The van der Waals surface area contributed by atoms with E-state index in [-0.39, 0.29) is 6.10 Å². The van der Waals surface area contributed by atoms with E-state index in [4.69, 9.17) is 9.47 Å². The second-order valence-corrected chi connectivity index (χ2v) is 3.68. The largest absolute Gasteiger partial charge is 0.488 e. The SMILES string of the molecule is COCC(C)Oc1ccc2c(c1)CNN2. The summed E-state index contributed by atoms with van der Waals surface area (Å²) < 4.78 is 10.7. The summed E-state index contributed by atoms with van der Waals surface area (Å²) in [5.74, 6) is 0.892. The van der Waals surface area contributed by atoms with Crippen LogP contribution in [0.2, 0.25) is 0 Å². The first-order chi connectivity index (χ1) is 7.29. The van der Waals surface area contributed by atoms with Gasteiger partial charge < -0.3 is 14.9 Å². The van der Waals surface area contributed by atoms with Gasteiger partial charge in [-0.05, 0) is 30.7 Å². The van der Waals surface area contributed by atoms with E-state index in [2.05, 4.69) is 16.9 Å². The van der Waals surface area contributed by atoms with E-state index >= 15 is 0 Å². The maximum atomic E-state index is 5.70. The Bertz CT molecular complexity index is 341. The molecule has 15 heavy (non-hydrogen) atoms. The van der Waals surface area contributed by atoms with Crippen LogP contribution in [-0.4, -0.2) is 19.8 Å². The third-order valence-corrected chi connectivity index (χ3v) is 2.32. The molecule has 0 saturated heterocycles. The number of benzene rings is 1. The molecule has 0 spiro atoms. The molecule has 1 aromatic carbocycles. The average molecular weight is 208 g/mol. The van der Waals surface area contributed by atoms with Gasteiger partial charge in [0, 0.05) is 13.7 Å². The first-order valence-corrected chi connectivity index (χ1v) is 5.07. The number of hydrogen-bond acceptors (Lipinski definition) is 4. The van der Waals surface area contributed by atoms with Gasteiger partial charge in [0.25, 0.3) is 0 Å². The van der Waals surface area contributed by atoms with Crippen LogP contribution in [0, 0.1) is 0 Å². The maximum Gasteiger partial charge on any atom is 0.120 e. The Morgan fingerprint density at radius 3 is 3.13 bits per heavy atom. The summed E-state index contributed by atoms with van der Waals surface area (Å²) in [5, 5.41) is 0. The summed E-state index contributed by atoms with van der Waals surface area (Å²) in [6.07, 6.45) is 0.0790. The second-order valence-electron chi connectivity index (χ2n) is 3.68. The summed E-state index contributed by atoms with van der Waals surface area (Å²) >= 11 is 0. The molecule has 0 radical (unpaired) electrons. The molecule has 0 aromatic heterocycles. The van der Waals surface area contributed by atoms with Crippen LogP contribution in [0.1, 0.15) is 12.5 Å². The zero-order valence-corrected chi connectivity index (χ0v) is 9.04. The Balaban J connectivity index is 2.03. The van der Waals surface area contributed by atoms with Crippen molar-refractivity contribution in [3.63, 3.8) is 0 Å². The smallest absolute Gasteiger partial charge is 0.120 e. The highest BCUT2D eigenvalue weighted by Gasteiger charge is 2.11. The van der Waals surface area contributed by atoms with Gasteiger partial charge in [-0.15, -0.1) is 0 Å². The van der Waals surface area contributed by atoms with Crippen molar-refractivity contribution >= 4 is 5.69 Å². The van der Waals surface area contributed by atoms with Gasteiger partial charge >= 0.3 is 0 Å². The van der Waals surface area contributed by atoms with Crippen molar-refractivity contribution in [1.82, 2.24) is 5.43 Å². The molecule has 0 fully saturated rings. The minimum absolute atomic E-state index is 0.0790. The molecule has 2 N–H and O–H groups in total. The predicted molar refractivity (Wildman–Crippen MR) is 58.9 cm³/mol. The van der Waals surface area contributed by atoms with Crippen molar-refractivity contribution in [2.24, 2.45) is 0 Å². The van der Waals surface area contributed by atoms with E-state index in [1.165, 1.54) is 5.56 Å². The normalized spacial score (nSPS) is 15.6. The topological polar surface area (TPSA) is 42.5 Å². The second kappa shape index (κ2) is 4.51. The van der Waals surface area contributed by atoms with Crippen LogP contribution in [0.15, 0.2) is 18.2 Å². The highest BCUT2D eigenvalue weighted by molar-refractivity contribution is 5.56. The standard InChI is InChI=1S/C11H16N2O2/c1-8(7-14-2)15-10-3-4-11-9(5-10)6-12-13-11/h3-5,8,12-13H,6-7H2,1-2H3. The lowest BCUT2D eigenvalue weighted by Crippen LogP contribution is -2.17. The van der Waals surface area contributed by atoms with E-state index in [1.807, 2.05) is 19.1 Å². The Morgan fingerprint density at radius 1 is 1.47 bits per heavy atom. The minimum Gasteiger partial charge on any atom is -0.488 e.